The number of hydrogen-bond acceptors (Lipinski definition) is 5. The van der Waals surface area contributed by atoms with Crippen molar-refractivity contribution in [1.82, 2.24) is 20.0 Å². The number of carboxylic acids is 1. The summed E-state index contributed by atoms with van der Waals surface area (Å²) in [6.45, 7) is 0.527. The van der Waals surface area contributed by atoms with E-state index in [-0.39, 0.29) is 6.42 Å². The van der Waals surface area contributed by atoms with Crippen LogP contribution in [-0.2, 0) is 17.8 Å². The molecule has 112 valence electrons. The summed E-state index contributed by atoms with van der Waals surface area (Å²) in [5.41, 5.74) is 1.71. The topological polar surface area (TPSA) is 90.1 Å². The molecule has 0 aliphatic carbocycles. The molecule has 0 aliphatic rings. The predicted octanol–water partition coefficient (Wildman–Crippen LogP) is 1.53. The first-order chi connectivity index (χ1) is 10.2. The molecule has 0 spiro atoms. The molecule has 7 heteroatoms. The summed E-state index contributed by atoms with van der Waals surface area (Å²) in [5, 5.41) is 16.7. The van der Waals surface area contributed by atoms with Crippen LogP contribution in [0.15, 0.2) is 24.4 Å². The number of pyridine rings is 1. The molecule has 0 saturated heterocycles. The molecule has 0 aliphatic heterocycles. The van der Waals surface area contributed by atoms with Gasteiger partial charge in [-0.3, -0.25) is 4.79 Å². The first kappa shape index (κ1) is 15.0. The number of ether oxygens (including phenoxy) is 1. The normalized spacial score (nSPS) is 10.5. The first-order valence-electron chi connectivity index (χ1n) is 6.78. The second kappa shape index (κ2) is 7.37. The maximum Gasteiger partial charge on any atom is 0.303 e. The molecule has 0 bridgehead atoms. The molecule has 0 amide bonds. The van der Waals surface area contributed by atoms with Gasteiger partial charge in [-0.2, -0.15) is 0 Å². The van der Waals surface area contributed by atoms with E-state index in [1.807, 2.05) is 18.3 Å². The second-order valence-electron chi connectivity index (χ2n) is 4.68. The highest BCUT2D eigenvalue weighted by molar-refractivity contribution is 5.66. The highest BCUT2D eigenvalue weighted by Crippen LogP contribution is 2.08. The number of rotatable bonds is 8. The number of carboxylic acid groups (broad SMARTS) is 1. The van der Waals surface area contributed by atoms with E-state index in [0.29, 0.717) is 18.8 Å². The molecule has 0 atom stereocenters. The summed E-state index contributed by atoms with van der Waals surface area (Å²) in [4.78, 5) is 14.7. The number of unbranched alkanes of at least 4 members (excludes halogenated alkanes) is 1. The summed E-state index contributed by atoms with van der Waals surface area (Å²) in [6.07, 6.45) is 4.24. The van der Waals surface area contributed by atoms with Crippen molar-refractivity contribution in [2.45, 2.75) is 32.2 Å². The van der Waals surface area contributed by atoms with Crippen molar-refractivity contribution in [3.05, 3.63) is 35.8 Å². The summed E-state index contributed by atoms with van der Waals surface area (Å²) < 4.78 is 6.79. The Morgan fingerprint density at radius 1 is 1.33 bits per heavy atom. The van der Waals surface area contributed by atoms with Gasteiger partial charge in [-0.15, -0.1) is 5.10 Å². The van der Waals surface area contributed by atoms with Crippen LogP contribution in [0, 0.1) is 0 Å². The Balaban J connectivity index is 1.86. The summed E-state index contributed by atoms with van der Waals surface area (Å²) in [5.74, 6) is -0.190. The molecule has 0 radical (unpaired) electrons. The Labute approximate surface area is 122 Å². The molecule has 2 rings (SSSR count). The average Bonchev–Trinajstić information content (AvgIpc) is 2.91. The highest BCUT2D eigenvalue weighted by atomic mass is 16.5. The van der Waals surface area contributed by atoms with Crippen LogP contribution in [-0.4, -0.2) is 38.2 Å². The molecule has 0 saturated carbocycles. The zero-order valence-electron chi connectivity index (χ0n) is 11.9. The Kier molecular flexibility index (Phi) is 5.25. The standard InChI is InChI=1S/C14H18N4O3/c1-21-13-7-4-6-11(15-13)9-18-10-12(16-17-18)5-2-3-8-14(19)20/h4,6-7,10H,2-3,5,8-9H2,1H3,(H,19,20). The number of aromatic nitrogens is 4. The minimum absolute atomic E-state index is 0.196. The molecular weight excluding hydrogens is 272 g/mol. The van der Waals surface area contributed by atoms with Crippen molar-refractivity contribution in [3.8, 4) is 5.88 Å². The van der Waals surface area contributed by atoms with Crippen molar-refractivity contribution in [1.29, 1.82) is 0 Å². The number of carbonyl (C=O) groups is 1. The molecule has 2 heterocycles. The van der Waals surface area contributed by atoms with Crippen molar-refractivity contribution >= 4 is 5.97 Å². The number of aryl methyl sites for hydroxylation is 1. The Hall–Kier alpha value is -2.44. The van der Waals surface area contributed by atoms with Crippen LogP contribution >= 0.6 is 0 Å². The molecule has 21 heavy (non-hydrogen) atoms. The fourth-order valence-corrected chi connectivity index (χ4v) is 1.94. The Bertz CT molecular complexity index is 597. The van der Waals surface area contributed by atoms with Crippen molar-refractivity contribution in [2.75, 3.05) is 7.11 Å². The molecular formula is C14H18N4O3. The largest absolute Gasteiger partial charge is 0.481 e. The van der Waals surface area contributed by atoms with Gasteiger partial charge in [0, 0.05) is 18.7 Å². The summed E-state index contributed by atoms with van der Waals surface area (Å²) >= 11 is 0. The van der Waals surface area contributed by atoms with Crippen LogP contribution in [0.2, 0.25) is 0 Å². The lowest BCUT2D eigenvalue weighted by atomic mass is 10.1. The average molecular weight is 290 g/mol. The van der Waals surface area contributed by atoms with Crippen molar-refractivity contribution < 1.29 is 14.6 Å². The van der Waals surface area contributed by atoms with Gasteiger partial charge in [0.2, 0.25) is 5.88 Å². The monoisotopic (exact) mass is 290 g/mol. The summed E-state index contributed by atoms with van der Waals surface area (Å²) in [7, 11) is 1.58. The van der Waals surface area contributed by atoms with Crippen LogP contribution in [0.5, 0.6) is 5.88 Å². The van der Waals surface area contributed by atoms with E-state index < -0.39 is 5.97 Å². The lowest BCUT2D eigenvalue weighted by molar-refractivity contribution is -0.137. The van der Waals surface area contributed by atoms with Gasteiger partial charge in [0.1, 0.15) is 0 Å². The van der Waals surface area contributed by atoms with E-state index in [4.69, 9.17) is 9.84 Å². The van der Waals surface area contributed by atoms with E-state index in [9.17, 15) is 4.79 Å². The van der Waals surface area contributed by atoms with Crippen LogP contribution in [0.3, 0.4) is 0 Å². The van der Waals surface area contributed by atoms with Crippen LogP contribution in [0.25, 0.3) is 0 Å². The molecule has 2 aromatic heterocycles. The first-order valence-corrected chi connectivity index (χ1v) is 6.78. The van der Waals surface area contributed by atoms with Gasteiger partial charge in [-0.25, -0.2) is 9.67 Å². The number of nitrogens with zero attached hydrogens (tertiary/aromatic N) is 4. The smallest absolute Gasteiger partial charge is 0.303 e. The molecule has 7 nitrogen and oxygen atoms in total. The van der Waals surface area contributed by atoms with E-state index in [2.05, 4.69) is 15.3 Å². The van der Waals surface area contributed by atoms with E-state index in [0.717, 1.165) is 24.2 Å². The minimum atomic E-state index is -0.761. The van der Waals surface area contributed by atoms with E-state index in [1.165, 1.54) is 0 Å². The van der Waals surface area contributed by atoms with Gasteiger partial charge in [0.25, 0.3) is 0 Å². The number of hydrogen-bond donors (Lipinski definition) is 1. The molecule has 0 fully saturated rings. The predicted molar refractivity (Wildman–Crippen MR) is 75.1 cm³/mol. The fraction of sp³-hybridized carbons (Fsp3) is 0.429. The third-order valence-corrected chi connectivity index (χ3v) is 2.97. The fourth-order valence-electron chi connectivity index (χ4n) is 1.94. The zero-order chi connectivity index (χ0) is 15.1. The van der Waals surface area contributed by atoms with Crippen LogP contribution < -0.4 is 4.74 Å². The highest BCUT2D eigenvalue weighted by Gasteiger charge is 2.04. The minimum Gasteiger partial charge on any atom is -0.481 e. The van der Waals surface area contributed by atoms with Crippen molar-refractivity contribution in [3.63, 3.8) is 0 Å². The SMILES string of the molecule is COc1cccc(Cn2cc(CCCCC(=O)O)nn2)n1. The number of aliphatic carboxylic acids is 1. The number of methoxy groups -OCH3 is 1. The lowest BCUT2D eigenvalue weighted by Crippen LogP contribution is -2.03. The van der Waals surface area contributed by atoms with Gasteiger partial charge in [-0.1, -0.05) is 11.3 Å². The van der Waals surface area contributed by atoms with Crippen LogP contribution in [0.4, 0.5) is 0 Å². The Morgan fingerprint density at radius 3 is 2.95 bits per heavy atom. The van der Waals surface area contributed by atoms with E-state index >= 15 is 0 Å². The van der Waals surface area contributed by atoms with Gasteiger partial charge in [0.05, 0.1) is 25.0 Å². The van der Waals surface area contributed by atoms with Gasteiger partial charge in [-0.05, 0) is 25.3 Å². The second-order valence-corrected chi connectivity index (χ2v) is 4.68. The van der Waals surface area contributed by atoms with E-state index in [1.54, 1.807) is 17.9 Å². The Morgan fingerprint density at radius 2 is 2.19 bits per heavy atom. The quantitative estimate of drug-likeness (QED) is 0.741. The molecule has 2 aromatic rings. The molecule has 1 N–H and O–H groups in total. The van der Waals surface area contributed by atoms with Gasteiger partial charge >= 0.3 is 5.97 Å². The third-order valence-electron chi connectivity index (χ3n) is 2.97. The molecule has 0 unspecified atom stereocenters. The molecule has 0 aromatic carbocycles. The summed E-state index contributed by atoms with van der Waals surface area (Å²) in [6, 6.07) is 5.57. The van der Waals surface area contributed by atoms with Gasteiger partial charge < -0.3 is 9.84 Å². The maximum atomic E-state index is 10.4. The maximum absolute atomic E-state index is 10.4. The zero-order valence-corrected chi connectivity index (χ0v) is 11.9. The van der Waals surface area contributed by atoms with Crippen LogP contribution in [0.1, 0.15) is 30.7 Å². The lowest BCUT2D eigenvalue weighted by Gasteiger charge is -2.02. The van der Waals surface area contributed by atoms with Gasteiger partial charge in [0.15, 0.2) is 0 Å². The van der Waals surface area contributed by atoms with Crippen molar-refractivity contribution in [2.24, 2.45) is 0 Å². The third kappa shape index (κ3) is 4.87.